The van der Waals surface area contributed by atoms with E-state index in [4.69, 9.17) is 9.15 Å². The lowest BCUT2D eigenvalue weighted by atomic mass is 10.1. The Bertz CT molecular complexity index is 702. The van der Waals surface area contributed by atoms with Crippen molar-refractivity contribution in [3.8, 4) is 5.75 Å². The van der Waals surface area contributed by atoms with E-state index in [0.717, 1.165) is 12.8 Å². The predicted octanol–water partition coefficient (Wildman–Crippen LogP) is 4.30. The second-order valence-electron chi connectivity index (χ2n) is 4.74. The average molecular weight is 300 g/mol. The molecule has 2 aromatic rings. The molecule has 0 aliphatic heterocycles. The van der Waals surface area contributed by atoms with Crippen molar-refractivity contribution >= 4 is 11.0 Å². The van der Waals surface area contributed by atoms with Gasteiger partial charge < -0.3 is 9.15 Å². The molecule has 21 heavy (non-hydrogen) atoms. The van der Waals surface area contributed by atoms with Gasteiger partial charge in [0.1, 0.15) is 11.3 Å². The van der Waals surface area contributed by atoms with Gasteiger partial charge in [-0.15, -0.1) is 0 Å². The number of benzene rings is 1. The van der Waals surface area contributed by atoms with E-state index in [2.05, 4.69) is 0 Å². The van der Waals surface area contributed by atoms with Gasteiger partial charge in [0, 0.05) is 17.0 Å². The molecular formula is C15H15F3O3. The zero-order valence-corrected chi connectivity index (χ0v) is 11.7. The van der Waals surface area contributed by atoms with Gasteiger partial charge in [0.2, 0.25) is 0 Å². The van der Waals surface area contributed by atoms with Gasteiger partial charge in [-0.2, -0.15) is 13.2 Å². The van der Waals surface area contributed by atoms with Crippen LogP contribution in [0.15, 0.2) is 27.4 Å². The van der Waals surface area contributed by atoms with Crippen molar-refractivity contribution in [2.75, 3.05) is 6.61 Å². The van der Waals surface area contributed by atoms with E-state index in [1.807, 2.05) is 6.92 Å². The van der Waals surface area contributed by atoms with Gasteiger partial charge in [-0.1, -0.05) is 13.3 Å². The molecule has 6 heteroatoms. The Labute approximate surface area is 119 Å². The zero-order chi connectivity index (χ0) is 15.6. The van der Waals surface area contributed by atoms with Gasteiger partial charge in [-0.25, -0.2) is 4.79 Å². The van der Waals surface area contributed by atoms with Crippen molar-refractivity contribution in [3.63, 3.8) is 0 Å². The number of unbranched alkanes of at least 4 members (excludes halogenated alkanes) is 1. The number of hydrogen-bond acceptors (Lipinski definition) is 3. The Kier molecular flexibility index (Phi) is 4.25. The number of ether oxygens (including phenoxy) is 1. The molecule has 0 aliphatic carbocycles. The minimum Gasteiger partial charge on any atom is -0.493 e. The molecule has 0 unspecified atom stereocenters. The first kappa shape index (κ1) is 15.4. The van der Waals surface area contributed by atoms with Gasteiger partial charge in [-0.05, 0) is 25.5 Å². The molecule has 0 bridgehead atoms. The van der Waals surface area contributed by atoms with Crippen LogP contribution in [0.4, 0.5) is 13.2 Å². The number of halogens is 3. The molecule has 3 nitrogen and oxygen atoms in total. The average Bonchev–Trinajstić information content (AvgIpc) is 2.40. The van der Waals surface area contributed by atoms with E-state index < -0.39 is 17.4 Å². The Balaban J connectivity index is 2.58. The Morgan fingerprint density at radius 3 is 2.62 bits per heavy atom. The SMILES string of the molecule is CCCCOc1ccc2c(C(F)(F)F)cc(=O)oc2c1C. The quantitative estimate of drug-likeness (QED) is 0.624. The topological polar surface area (TPSA) is 39.4 Å². The molecule has 0 aliphatic rings. The summed E-state index contributed by atoms with van der Waals surface area (Å²) in [6.45, 7) is 4.05. The highest BCUT2D eigenvalue weighted by Gasteiger charge is 2.34. The Morgan fingerprint density at radius 2 is 2.00 bits per heavy atom. The van der Waals surface area contributed by atoms with E-state index in [0.29, 0.717) is 24.0 Å². The van der Waals surface area contributed by atoms with E-state index in [-0.39, 0.29) is 11.0 Å². The van der Waals surface area contributed by atoms with Crippen LogP contribution >= 0.6 is 0 Å². The Morgan fingerprint density at radius 1 is 1.29 bits per heavy atom. The minimum absolute atomic E-state index is 0.0798. The molecule has 2 rings (SSSR count). The lowest BCUT2D eigenvalue weighted by molar-refractivity contribution is -0.136. The second-order valence-corrected chi connectivity index (χ2v) is 4.74. The van der Waals surface area contributed by atoms with Crippen molar-refractivity contribution in [1.29, 1.82) is 0 Å². The molecule has 0 radical (unpaired) electrons. The first-order chi connectivity index (χ1) is 9.84. The van der Waals surface area contributed by atoms with Crippen LogP contribution in [0.5, 0.6) is 5.75 Å². The molecular weight excluding hydrogens is 285 g/mol. The molecule has 0 N–H and O–H groups in total. The minimum atomic E-state index is -4.61. The van der Waals surface area contributed by atoms with Crippen molar-refractivity contribution in [2.24, 2.45) is 0 Å². The lowest BCUT2D eigenvalue weighted by Crippen LogP contribution is -2.11. The first-order valence-corrected chi connectivity index (χ1v) is 6.62. The fourth-order valence-corrected chi connectivity index (χ4v) is 2.06. The molecule has 0 atom stereocenters. The molecule has 0 spiro atoms. The van der Waals surface area contributed by atoms with Crippen LogP contribution in [0.2, 0.25) is 0 Å². The smallest absolute Gasteiger partial charge is 0.417 e. The standard InChI is InChI=1S/C15H15F3O3/c1-3-4-7-20-12-6-5-10-11(15(16,17)18)8-13(19)21-14(10)9(12)2/h5-6,8H,3-4,7H2,1-2H3. The van der Waals surface area contributed by atoms with Gasteiger partial charge in [0.15, 0.2) is 0 Å². The molecule has 1 aromatic heterocycles. The van der Waals surface area contributed by atoms with Gasteiger partial charge in [0.25, 0.3) is 0 Å². The first-order valence-electron chi connectivity index (χ1n) is 6.62. The summed E-state index contributed by atoms with van der Waals surface area (Å²) in [6.07, 6.45) is -2.82. The normalized spacial score (nSPS) is 11.9. The van der Waals surface area contributed by atoms with Crippen LogP contribution in [0, 0.1) is 6.92 Å². The highest BCUT2D eigenvalue weighted by Crippen LogP contribution is 2.36. The maximum Gasteiger partial charge on any atom is 0.417 e. The molecule has 1 aromatic carbocycles. The number of hydrogen-bond donors (Lipinski definition) is 0. The van der Waals surface area contributed by atoms with Gasteiger partial charge in [0.05, 0.1) is 12.2 Å². The van der Waals surface area contributed by atoms with Crippen LogP contribution in [0.25, 0.3) is 11.0 Å². The molecule has 0 amide bonds. The fourth-order valence-electron chi connectivity index (χ4n) is 2.06. The summed E-state index contributed by atoms with van der Waals surface area (Å²) < 4.78 is 49.3. The maximum absolute atomic E-state index is 13.0. The summed E-state index contributed by atoms with van der Waals surface area (Å²) in [4.78, 5) is 11.4. The summed E-state index contributed by atoms with van der Waals surface area (Å²) in [6, 6.07) is 3.22. The van der Waals surface area contributed by atoms with Gasteiger partial charge in [-0.3, -0.25) is 0 Å². The Hall–Kier alpha value is -1.98. The maximum atomic E-state index is 13.0. The van der Waals surface area contributed by atoms with Crippen molar-refractivity contribution in [3.05, 3.63) is 39.7 Å². The number of alkyl halides is 3. The third-order valence-electron chi connectivity index (χ3n) is 3.17. The van der Waals surface area contributed by atoms with E-state index >= 15 is 0 Å². The summed E-state index contributed by atoms with van der Waals surface area (Å²) in [7, 11) is 0. The van der Waals surface area contributed by atoms with E-state index in [1.54, 1.807) is 6.92 Å². The van der Waals surface area contributed by atoms with E-state index in [9.17, 15) is 18.0 Å². The molecule has 0 saturated carbocycles. The van der Waals surface area contributed by atoms with Crippen LogP contribution < -0.4 is 10.4 Å². The highest BCUT2D eigenvalue weighted by molar-refractivity contribution is 5.85. The third kappa shape index (κ3) is 3.20. The summed E-state index contributed by atoms with van der Waals surface area (Å²) in [5.41, 5.74) is -1.70. The molecule has 114 valence electrons. The van der Waals surface area contributed by atoms with E-state index in [1.165, 1.54) is 12.1 Å². The predicted molar refractivity (Wildman–Crippen MR) is 72.6 cm³/mol. The number of rotatable bonds is 4. The zero-order valence-electron chi connectivity index (χ0n) is 11.7. The highest BCUT2D eigenvalue weighted by atomic mass is 19.4. The molecule has 0 fully saturated rings. The van der Waals surface area contributed by atoms with Crippen LogP contribution in [0.1, 0.15) is 30.9 Å². The van der Waals surface area contributed by atoms with Crippen LogP contribution in [-0.2, 0) is 6.18 Å². The van der Waals surface area contributed by atoms with Crippen molar-refractivity contribution in [2.45, 2.75) is 32.9 Å². The largest absolute Gasteiger partial charge is 0.493 e. The number of aryl methyl sites for hydroxylation is 1. The second kappa shape index (κ2) is 5.79. The lowest BCUT2D eigenvalue weighted by Gasteiger charge is -2.13. The van der Waals surface area contributed by atoms with Crippen LogP contribution in [0.3, 0.4) is 0 Å². The van der Waals surface area contributed by atoms with Crippen molar-refractivity contribution < 1.29 is 22.3 Å². The molecule has 1 heterocycles. The number of fused-ring (bicyclic) bond motifs is 1. The summed E-state index contributed by atoms with van der Waals surface area (Å²) in [5.74, 6) is 0.429. The summed E-state index contributed by atoms with van der Waals surface area (Å²) >= 11 is 0. The molecule has 0 saturated heterocycles. The summed E-state index contributed by atoms with van der Waals surface area (Å²) in [5, 5.41) is -0.137. The monoisotopic (exact) mass is 300 g/mol. The van der Waals surface area contributed by atoms with Crippen molar-refractivity contribution in [1.82, 2.24) is 0 Å². The fraction of sp³-hybridized carbons (Fsp3) is 0.400. The van der Waals surface area contributed by atoms with Gasteiger partial charge >= 0.3 is 11.8 Å². The third-order valence-corrected chi connectivity index (χ3v) is 3.17. The van der Waals surface area contributed by atoms with Crippen LogP contribution in [-0.4, -0.2) is 6.61 Å².